The van der Waals surface area contributed by atoms with E-state index < -0.39 is 30.7 Å². The molecule has 3 heterocycles. The largest absolute Gasteiger partial charge is 0.449 e. The summed E-state index contributed by atoms with van der Waals surface area (Å²) in [4.78, 5) is 33.6. The predicted octanol–water partition coefficient (Wildman–Crippen LogP) is 5.29. The van der Waals surface area contributed by atoms with Gasteiger partial charge in [0.05, 0.1) is 21.3 Å². The fourth-order valence-electron chi connectivity index (χ4n) is 5.12. The van der Waals surface area contributed by atoms with Gasteiger partial charge in [-0.1, -0.05) is 13.0 Å². The Morgan fingerprint density at radius 1 is 1.23 bits per heavy atom. The van der Waals surface area contributed by atoms with Crippen LogP contribution < -0.4 is 0 Å². The molecule has 35 heavy (non-hydrogen) atoms. The summed E-state index contributed by atoms with van der Waals surface area (Å²) < 4.78 is 42.7. The number of ether oxygens (including phenoxy) is 1. The molecule has 0 bridgehead atoms. The first-order chi connectivity index (χ1) is 16.3. The van der Waals surface area contributed by atoms with Gasteiger partial charge in [-0.25, -0.2) is 9.78 Å². The maximum Gasteiger partial charge on any atom is 0.422 e. The molecule has 6 nitrogen and oxygen atoms in total. The normalized spacial score (nSPS) is 25.6. The van der Waals surface area contributed by atoms with E-state index in [1.807, 2.05) is 25.1 Å². The van der Waals surface area contributed by atoms with Gasteiger partial charge in [0.1, 0.15) is 0 Å². The van der Waals surface area contributed by atoms with Crippen LogP contribution in [0.1, 0.15) is 69.0 Å². The molecule has 4 rings (SSSR count). The Bertz CT molecular complexity index is 1100. The third kappa shape index (κ3) is 5.80. The van der Waals surface area contributed by atoms with Gasteiger partial charge < -0.3 is 14.5 Å². The highest BCUT2D eigenvalue weighted by Gasteiger charge is 2.38. The van der Waals surface area contributed by atoms with Crippen LogP contribution in [0.25, 0.3) is 10.2 Å². The number of aromatic nitrogens is 1. The van der Waals surface area contributed by atoms with Gasteiger partial charge in [-0.15, -0.1) is 11.3 Å². The molecule has 0 aliphatic carbocycles. The standard InChI is InChI=1S/C25H32F3N3O3S/c1-15-5-7-19(31(13-15)22(32)23(33)34-14-25(26,27)28)16-6-8-20-18(11-16)29-21(35-20)17-9-10-30(4)24(2,3)12-17/h6,8,11,15,17,19H,5,7,9-10,12-14H2,1-4H3/t15-,17?,19+/m0/s1. The average molecular weight is 512 g/mol. The lowest BCUT2D eigenvalue weighted by atomic mass is 9.83. The van der Waals surface area contributed by atoms with Crippen molar-refractivity contribution in [1.82, 2.24) is 14.8 Å². The summed E-state index contributed by atoms with van der Waals surface area (Å²) in [5, 5.41) is 1.11. The van der Waals surface area contributed by atoms with Crippen molar-refractivity contribution in [2.24, 2.45) is 5.92 Å². The number of hydrogen-bond donors (Lipinski definition) is 0. The van der Waals surface area contributed by atoms with Crippen molar-refractivity contribution < 1.29 is 27.5 Å². The van der Waals surface area contributed by atoms with Gasteiger partial charge in [0.2, 0.25) is 0 Å². The Morgan fingerprint density at radius 3 is 2.66 bits per heavy atom. The summed E-state index contributed by atoms with van der Waals surface area (Å²) in [7, 11) is 2.15. The molecule has 2 aliphatic heterocycles. The Morgan fingerprint density at radius 2 is 1.97 bits per heavy atom. The van der Waals surface area contributed by atoms with E-state index in [0.29, 0.717) is 12.3 Å². The van der Waals surface area contributed by atoms with Crippen LogP contribution in [0.5, 0.6) is 0 Å². The first-order valence-corrected chi connectivity index (χ1v) is 12.8. The van der Waals surface area contributed by atoms with Crippen LogP contribution in [-0.4, -0.2) is 65.1 Å². The number of nitrogens with zero attached hydrogens (tertiary/aromatic N) is 3. The highest BCUT2D eigenvalue weighted by Crippen LogP contribution is 2.41. The average Bonchev–Trinajstić information content (AvgIpc) is 3.21. The van der Waals surface area contributed by atoms with Crippen molar-refractivity contribution in [2.45, 2.75) is 70.1 Å². The Kier molecular flexibility index (Phi) is 7.16. The van der Waals surface area contributed by atoms with Crippen LogP contribution in [0.2, 0.25) is 0 Å². The molecule has 2 saturated heterocycles. The van der Waals surface area contributed by atoms with Crippen molar-refractivity contribution >= 4 is 33.4 Å². The Labute approximate surface area is 207 Å². The molecule has 0 radical (unpaired) electrons. The van der Waals surface area contributed by atoms with Crippen molar-refractivity contribution in [3.63, 3.8) is 0 Å². The minimum Gasteiger partial charge on any atom is -0.449 e. The molecule has 2 aromatic rings. The molecule has 1 unspecified atom stereocenters. The van der Waals surface area contributed by atoms with Crippen LogP contribution in [0.4, 0.5) is 13.2 Å². The lowest BCUT2D eigenvalue weighted by molar-refractivity contribution is -0.190. The van der Waals surface area contributed by atoms with Gasteiger partial charge in [-0.05, 0) is 76.7 Å². The van der Waals surface area contributed by atoms with E-state index in [1.54, 1.807) is 11.3 Å². The van der Waals surface area contributed by atoms with Crippen molar-refractivity contribution in [3.05, 3.63) is 28.8 Å². The lowest BCUT2D eigenvalue weighted by Crippen LogP contribution is -2.46. The zero-order chi connectivity index (χ0) is 25.5. The lowest BCUT2D eigenvalue weighted by Gasteiger charge is -2.43. The first-order valence-electron chi connectivity index (χ1n) is 12.0. The Balaban J connectivity index is 1.55. The summed E-state index contributed by atoms with van der Waals surface area (Å²) in [6.45, 7) is 5.99. The molecule has 2 fully saturated rings. The highest BCUT2D eigenvalue weighted by atomic mass is 32.1. The number of carbonyl (C=O) groups is 2. The summed E-state index contributed by atoms with van der Waals surface area (Å²) in [5.41, 5.74) is 1.79. The van der Waals surface area contributed by atoms with Gasteiger partial charge in [0.15, 0.2) is 6.61 Å². The molecule has 0 saturated carbocycles. The van der Waals surface area contributed by atoms with E-state index in [4.69, 9.17) is 4.98 Å². The smallest absolute Gasteiger partial charge is 0.422 e. The number of esters is 1. The van der Waals surface area contributed by atoms with Gasteiger partial charge in [0, 0.05) is 18.0 Å². The summed E-state index contributed by atoms with van der Waals surface area (Å²) >= 11 is 1.69. The number of hydrogen-bond acceptors (Lipinski definition) is 6. The van der Waals surface area contributed by atoms with E-state index in [-0.39, 0.29) is 18.0 Å². The number of thiazole rings is 1. The Hall–Kier alpha value is -2.20. The molecule has 0 N–H and O–H groups in total. The fraction of sp³-hybridized carbons (Fsp3) is 0.640. The number of halogens is 3. The molecule has 3 atom stereocenters. The number of alkyl halides is 3. The number of benzene rings is 1. The van der Waals surface area contributed by atoms with E-state index in [0.717, 1.165) is 46.6 Å². The maximum absolute atomic E-state index is 12.8. The van der Waals surface area contributed by atoms with E-state index in [9.17, 15) is 22.8 Å². The maximum atomic E-state index is 12.8. The predicted molar refractivity (Wildman–Crippen MR) is 128 cm³/mol. The van der Waals surface area contributed by atoms with Crippen LogP contribution >= 0.6 is 11.3 Å². The quantitative estimate of drug-likeness (QED) is 0.414. The molecular weight excluding hydrogens is 479 g/mol. The van der Waals surface area contributed by atoms with E-state index in [2.05, 4.69) is 30.5 Å². The zero-order valence-corrected chi connectivity index (χ0v) is 21.3. The number of carbonyl (C=O) groups excluding carboxylic acids is 2. The van der Waals surface area contributed by atoms with Gasteiger partial charge in [-0.2, -0.15) is 13.2 Å². The monoisotopic (exact) mass is 511 g/mol. The second kappa shape index (κ2) is 9.69. The third-order valence-corrected chi connectivity index (χ3v) is 8.57. The minimum absolute atomic E-state index is 0.103. The first kappa shape index (κ1) is 25.9. The number of fused-ring (bicyclic) bond motifs is 1. The minimum atomic E-state index is -4.68. The molecule has 1 aromatic carbocycles. The van der Waals surface area contributed by atoms with Crippen molar-refractivity contribution in [1.29, 1.82) is 0 Å². The van der Waals surface area contributed by atoms with Crippen LogP contribution in [0.15, 0.2) is 18.2 Å². The van der Waals surface area contributed by atoms with Gasteiger partial charge >= 0.3 is 18.1 Å². The molecule has 0 spiro atoms. The molecule has 1 amide bonds. The van der Waals surface area contributed by atoms with Crippen LogP contribution in [0.3, 0.4) is 0 Å². The summed E-state index contributed by atoms with van der Waals surface area (Å²) in [6.07, 6.45) is -1.14. The van der Waals surface area contributed by atoms with E-state index >= 15 is 0 Å². The number of likely N-dealkylation sites (tertiary alicyclic amines) is 2. The second-order valence-corrected chi connectivity index (χ2v) is 11.6. The van der Waals surface area contributed by atoms with Gasteiger partial charge in [-0.3, -0.25) is 4.79 Å². The molecule has 1 aromatic heterocycles. The van der Waals surface area contributed by atoms with Crippen molar-refractivity contribution in [2.75, 3.05) is 26.7 Å². The molecular formula is C25H32F3N3O3S. The number of rotatable bonds is 3. The molecule has 10 heteroatoms. The summed E-state index contributed by atoms with van der Waals surface area (Å²) in [6, 6.07) is 5.48. The SMILES string of the molecule is C[C@H]1CC[C@H](c2ccc3sc(C4CCN(C)C(C)(C)C4)nc3c2)N(C(=O)C(=O)OCC(F)(F)F)C1. The summed E-state index contributed by atoms with van der Waals surface area (Å²) in [5.74, 6) is -1.98. The van der Waals surface area contributed by atoms with Crippen LogP contribution in [-0.2, 0) is 14.3 Å². The van der Waals surface area contributed by atoms with Gasteiger partial charge in [0.25, 0.3) is 0 Å². The fourth-order valence-corrected chi connectivity index (χ4v) is 6.20. The highest BCUT2D eigenvalue weighted by molar-refractivity contribution is 7.18. The van der Waals surface area contributed by atoms with Crippen molar-refractivity contribution in [3.8, 4) is 0 Å². The third-order valence-electron chi connectivity index (χ3n) is 7.37. The second-order valence-electron chi connectivity index (χ2n) is 10.6. The number of amides is 1. The topological polar surface area (TPSA) is 62.7 Å². The van der Waals surface area contributed by atoms with E-state index in [1.165, 1.54) is 4.90 Å². The molecule has 192 valence electrons. The zero-order valence-electron chi connectivity index (χ0n) is 20.5. The molecule has 2 aliphatic rings. The number of piperidine rings is 2. The van der Waals surface area contributed by atoms with Crippen LogP contribution in [0, 0.1) is 5.92 Å².